The zero-order valence-electron chi connectivity index (χ0n) is 33.5. The van der Waals surface area contributed by atoms with Gasteiger partial charge in [0.25, 0.3) is 22.9 Å². The van der Waals surface area contributed by atoms with Gasteiger partial charge >= 0.3 is 0 Å². The second kappa shape index (κ2) is 18.0. The molecule has 10 rings (SSSR count). The SMILES string of the molecule is Cl.O=C(c1cc(Cc2n[nH]c(=O)c3ccccc23)ccc1F)N1CC(CNC2CC2)C1.O=C(c1cc(Cc2n[nH]c(=O)c3ccccc23)ccc1F)N1CC(CNC2CC2)C1. The van der Waals surface area contributed by atoms with Crippen LogP contribution in [-0.4, -0.2) is 93.4 Å². The first kappa shape index (κ1) is 41.9. The van der Waals surface area contributed by atoms with Crippen LogP contribution in [0.4, 0.5) is 8.78 Å². The molecule has 0 atom stereocenters. The van der Waals surface area contributed by atoms with E-state index in [4.69, 9.17) is 0 Å². The molecule has 2 aliphatic carbocycles. The number of fused-ring (bicyclic) bond motifs is 2. The van der Waals surface area contributed by atoms with E-state index in [-0.39, 0.29) is 46.5 Å². The second-order valence-electron chi connectivity index (χ2n) is 16.6. The van der Waals surface area contributed by atoms with Gasteiger partial charge in [0.1, 0.15) is 11.6 Å². The molecule has 4 heterocycles. The minimum Gasteiger partial charge on any atom is -0.338 e. The van der Waals surface area contributed by atoms with Crippen LogP contribution < -0.4 is 21.8 Å². The molecule has 2 saturated carbocycles. The Hall–Kier alpha value is -5.83. The molecule has 2 saturated heterocycles. The quantitative estimate of drug-likeness (QED) is 0.128. The zero-order chi connectivity index (χ0) is 41.3. The molecule has 0 bridgehead atoms. The minimum atomic E-state index is -0.511. The van der Waals surface area contributed by atoms with Gasteiger partial charge in [-0.3, -0.25) is 19.2 Å². The van der Waals surface area contributed by atoms with E-state index in [0.717, 1.165) is 35.0 Å². The first-order chi connectivity index (χ1) is 29.2. The number of nitrogens with zero attached hydrogens (tertiary/aromatic N) is 4. The molecule has 4 aromatic carbocycles. The number of hydrogen-bond donors (Lipinski definition) is 4. The Morgan fingerprint density at radius 2 is 0.967 bits per heavy atom. The third-order valence-electron chi connectivity index (χ3n) is 11.8. The molecule has 4 aliphatic rings. The number of rotatable bonds is 12. The molecule has 4 N–H and O–H groups in total. The van der Waals surface area contributed by atoms with Crippen molar-refractivity contribution in [3.63, 3.8) is 0 Å². The summed E-state index contributed by atoms with van der Waals surface area (Å²) in [5.74, 6) is -0.673. The number of hydrogen-bond acceptors (Lipinski definition) is 8. The van der Waals surface area contributed by atoms with E-state index in [1.54, 1.807) is 58.3 Å². The summed E-state index contributed by atoms with van der Waals surface area (Å²) in [5.41, 5.74) is 2.62. The van der Waals surface area contributed by atoms with Crippen LogP contribution in [0, 0.1) is 23.5 Å². The van der Waals surface area contributed by atoms with E-state index in [1.165, 1.54) is 37.8 Å². The number of H-pyrrole nitrogens is 2. The largest absolute Gasteiger partial charge is 0.338 e. The Labute approximate surface area is 356 Å². The summed E-state index contributed by atoms with van der Waals surface area (Å²) in [5, 5.41) is 23.0. The van der Waals surface area contributed by atoms with Gasteiger partial charge in [-0.1, -0.05) is 48.5 Å². The molecule has 12 nitrogen and oxygen atoms in total. The maximum atomic E-state index is 14.4. The van der Waals surface area contributed by atoms with E-state index in [2.05, 4.69) is 31.0 Å². The van der Waals surface area contributed by atoms with Crippen molar-refractivity contribution in [1.29, 1.82) is 0 Å². The molecular formula is C46H47ClF2N8O4. The van der Waals surface area contributed by atoms with Crippen molar-refractivity contribution >= 4 is 45.8 Å². The fourth-order valence-corrected chi connectivity index (χ4v) is 8.00. The van der Waals surface area contributed by atoms with Crippen LogP contribution in [0.5, 0.6) is 0 Å². The van der Waals surface area contributed by atoms with Crippen LogP contribution in [-0.2, 0) is 12.8 Å². The predicted molar refractivity (Wildman–Crippen MR) is 231 cm³/mol. The number of nitrogens with one attached hydrogen (secondary N) is 4. The van der Waals surface area contributed by atoms with Crippen LogP contribution in [0.15, 0.2) is 94.5 Å². The van der Waals surface area contributed by atoms with Gasteiger partial charge in [-0.2, -0.15) is 10.2 Å². The number of benzene rings is 4. The Morgan fingerprint density at radius 3 is 1.34 bits per heavy atom. The minimum absolute atomic E-state index is 0. The summed E-state index contributed by atoms with van der Waals surface area (Å²) in [6, 6.07) is 25.0. The molecular weight excluding hydrogens is 802 g/mol. The average Bonchev–Trinajstić information content (AvgIpc) is 4.18. The van der Waals surface area contributed by atoms with Crippen molar-refractivity contribution in [3.8, 4) is 0 Å². The van der Waals surface area contributed by atoms with Crippen LogP contribution in [0.2, 0.25) is 0 Å². The lowest BCUT2D eigenvalue weighted by Crippen LogP contribution is -2.53. The number of likely N-dealkylation sites (tertiary alicyclic amines) is 2. The third-order valence-corrected chi connectivity index (χ3v) is 11.8. The van der Waals surface area contributed by atoms with Crippen LogP contribution >= 0.6 is 12.4 Å². The first-order valence-corrected chi connectivity index (χ1v) is 20.7. The smallest absolute Gasteiger partial charge is 0.272 e. The van der Waals surface area contributed by atoms with E-state index in [9.17, 15) is 28.0 Å². The summed E-state index contributed by atoms with van der Waals surface area (Å²) in [7, 11) is 0. The van der Waals surface area contributed by atoms with Crippen molar-refractivity contribution in [2.45, 2.75) is 50.6 Å². The molecule has 0 radical (unpaired) electrons. The van der Waals surface area contributed by atoms with Gasteiger partial charge in [0.2, 0.25) is 0 Å². The molecule has 316 valence electrons. The van der Waals surface area contributed by atoms with Crippen molar-refractivity contribution in [1.82, 2.24) is 40.8 Å². The van der Waals surface area contributed by atoms with Gasteiger partial charge in [-0.25, -0.2) is 19.0 Å². The summed E-state index contributed by atoms with van der Waals surface area (Å²) < 4.78 is 28.8. The third kappa shape index (κ3) is 9.56. The van der Waals surface area contributed by atoms with Crippen LogP contribution in [0.1, 0.15) is 68.9 Å². The normalized spacial score (nSPS) is 16.4. The van der Waals surface area contributed by atoms with Crippen molar-refractivity contribution in [2.75, 3.05) is 39.3 Å². The van der Waals surface area contributed by atoms with E-state index in [0.29, 0.717) is 85.1 Å². The van der Waals surface area contributed by atoms with Crippen LogP contribution in [0.3, 0.4) is 0 Å². The molecule has 6 aromatic rings. The van der Waals surface area contributed by atoms with E-state index >= 15 is 0 Å². The van der Waals surface area contributed by atoms with Gasteiger partial charge in [0.05, 0.1) is 33.3 Å². The standard InChI is InChI=1S/2C23H23FN4O2.ClH/c2*24-20-8-5-14(10-21-17-3-1-2-4-18(17)22(29)27-26-21)9-19(20)23(30)28-12-15(13-28)11-25-16-6-7-16;/h2*1-5,8-9,15-16,25H,6-7,10-13H2,(H,27,29);1H. The fraction of sp³-hybridized carbons (Fsp3) is 0.348. The van der Waals surface area contributed by atoms with E-state index < -0.39 is 11.6 Å². The summed E-state index contributed by atoms with van der Waals surface area (Å²) >= 11 is 0. The topological polar surface area (TPSA) is 156 Å². The number of aromatic nitrogens is 4. The lowest BCUT2D eigenvalue weighted by atomic mass is 9.97. The number of amides is 2. The van der Waals surface area contributed by atoms with Crippen molar-refractivity contribution in [3.05, 3.63) is 151 Å². The van der Waals surface area contributed by atoms with Gasteiger partial charge in [0.15, 0.2) is 0 Å². The second-order valence-corrected chi connectivity index (χ2v) is 16.6. The molecule has 0 unspecified atom stereocenters. The molecule has 2 aliphatic heterocycles. The highest BCUT2D eigenvalue weighted by Crippen LogP contribution is 2.26. The first-order valence-electron chi connectivity index (χ1n) is 20.7. The molecule has 2 amide bonds. The summed E-state index contributed by atoms with van der Waals surface area (Å²) in [6.07, 6.45) is 5.76. The fourth-order valence-electron chi connectivity index (χ4n) is 8.00. The lowest BCUT2D eigenvalue weighted by molar-refractivity contribution is 0.0489. The van der Waals surface area contributed by atoms with E-state index in [1.807, 2.05) is 24.3 Å². The van der Waals surface area contributed by atoms with Gasteiger partial charge in [0, 0.05) is 86.8 Å². The monoisotopic (exact) mass is 848 g/mol. The number of aromatic amines is 2. The Balaban J connectivity index is 0.000000166. The molecule has 61 heavy (non-hydrogen) atoms. The van der Waals surface area contributed by atoms with Crippen molar-refractivity contribution < 1.29 is 18.4 Å². The number of carbonyl (C=O) groups is 2. The molecule has 4 fully saturated rings. The number of halogens is 3. The average molecular weight is 849 g/mol. The predicted octanol–water partition coefficient (Wildman–Crippen LogP) is 5.38. The summed E-state index contributed by atoms with van der Waals surface area (Å²) in [4.78, 5) is 53.0. The highest BCUT2D eigenvalue weighted by Gasteiger charge is 2.35. The molecule has 0 spiro atoms. The Morgan fingerprint density at radius 1 is 0.590 bits per heavy atom. The number of carbonyl (C=O) groups excluding carboxylic acids is 2. The Bertz CT molecular complexity index is 2520. The Kier molecular flexibility index (Phi) is 12.4. The highest BCUT2D eigenvalue weighted by atomic mass is 35.5. The zero-order valence-corrected chi connectivity index (χ0v) is 34.3. The van der Waals surface area contributed by atoms with Gasteiger partial charge in [-0.05, 0) is 73.2 Å². The molecule has 2 aromatic heterocycles. The van der Waals surface area contributed by atoms with Crippen LogP contribution in [0.25, 0.3) is 21.5 Å². The van der Waals surface area contributed by atoms with Gasteiger partial charge in [-0.15, -0.1) is 12.4 Å². The van der Waals surface area contributed by atoms with Crippen molar-refractivity contribution in [2.24, 2.45) is 11.8 Å². The molecule has 15 heteroatoms. The highest BCUT2D eigenvalue weighted by molar-refractivity contribution is 5.96. The maximum Gasteiger partial charge on any atom is 0.272 e. The lowest BCUT2D eigenvalue weighted by Gasteiger charge is -2.39. The summed E-state index contributed by atoms with van der Waals surface area (Å²) in [6.45, 7) is 4.48. The van der Waals surface area contributed by atoms with Gasteiger partial charge < -0.3 is 20.4 Å². The maximum absolute atomic E-state index is 14.4.